The van der Waals surface area contributed by atoms with Crippen molar-refractivity contribution in [2.75, 3.05) is 19.6 Å². The van der Waals surface area contributed by atoms with Crippen molar-refractivity contribution in [2.45, 2.75) is 13.0 Å². The van der Waals surface area contributed by atoms with E-state index in [1.54, 1.807) is 0 Å². The lowest BCUT2D eigenvalue weighted by Gasteiger charge is -2.19. The van der Waals surface area contributed by atoms with Crippen LogP contribution >= 0.6 is 0 Å². The largest absolute Gasteiger partial charge is 0.330 e. The molecule has 0 radical (unpaired) electrons. The van der Waals surface area contributed by atoms with Crippen molar-refractivity contribution in [3.8, 4) is 0 Å². The summed E-state index contributed by atoms with van der Waals surface area (Å²) in [5, 5.41) is 0. The first-order valence-electron chi connectivity index (χ1n) is 6.35. The van der Waals surface area contributed by atoms with Crippen LogP contribution in [0.3, 0.4) is 0 Å². The highest BCUT2D eigenvalue weighted by molar-refractivity contribution is 5.15. The number of benzene rings is 1. The van der Waals surface area contributed by atoms with E-state index in [2.05, 4.69) is 35.2 Å². The minimum absolute atomic E-state index is 0.871. The summed E-state index contributed by atoms with van der Waals surface area (Å²) in [7, 11) is 0. The molecule has 2 fully saturated rings. The van der Waals surface area contributed by atoms with Crippen LogP contribution in [0.1, 0.15) is 12.0 Å². The number of likely N-dealkylation sites (tertiary alicyclic amines) is 1. The molecule has 1 saturated carbocycles. The second-order valence-electron chi connectivity index (χ2n) is 5.25. The Morgan fingerprint density at radius 1 is 1.12 bits per heavy atom. The van der Waals surface area contributed by atoms with Crippen LogP contribution in [0.25, 0.3) is 0 Å². The maximum absolute atomic E-state index is 5.62. The first-order valence-corrected chi connectivity index (χ1v) is 6.35. The fourth-order valence-electron chi connectivity index (χ4n) is 3.33. The van der Waals surface area contributed by atoms with E-state index in [1.165, 1.54) is 25.1 Å². The number of nitrogens with zero attached hydrogens (tertiary/aromatic N) is 1. The van der Waals surface area contributed by atoms with Gasteiger partial charge in [-0.25, -0.2) is 0 Å². The van der Waals surface area contributed by atoms with Crippen LogP contribution in [0, 0.1) is 17.8 Å². The van der Waals surface area contributed by atoms with Gasteiger partial charge in [0.25, 0.3) is 0 Å². The van der Waals surface area contributed by atoms with Gasteiger partial charge in [-0.1, -0.05) is 30.3 Å². The average molecular weight is 216 g/mol. The van der Waals surface area contributed by atoms with E-state index in [-0.39, 0.29) is 0 Å². The highest BCUT2D eigenvalue weighted by Gasteiger charge is 2.54. The molecule has 86 valence electrons. The van der Waals surface area contributed by atoms with E-state index in [0.29, 0.717) is 0 Å². The van der Waals surface area contributed by atoms with Gasteiger partial charge in [-0.3, -0.25) is 4.90 Å². The summed E-state index contributed by atoms with van der Waals surface area (Å²) in [6.07, 6.45) is 1.24. The number of nitrogens with two attached hydrogens (primary N) is 1. The highest BCUT2D eigenvalue weighted by atomic mass is 15.2. The monoisotopic (exact) mass is 216 g/mol. The third kappa shape index (κ3) is 1.87. The molecule has 2 N–H and O–H groups in total. The van der Waals surface area contributed by atoms with E-state index in [0.717, 1.165) is 30.8 Å². The Bertz CT molecular complexity index is 337. The molecule has 0 spiro atoms. The van der Waals surface area contributed by atoms with Gasteiger partial charge >= 0.3 is 0 Å². The molecular weight excluding hydrogens is 196 g/mol. The number of rotatable bonds is 4. The Morgan fingerprint density at radius 2 is 1.81 bits per heavy atom. The summed E-state index contributed by atoms with van der Waals surface area (Å²) in [5.74, 6) is 2.89. The van der Waals surface area contributed by atoms with E-state index >= 15 is 0 Å². The third-order valence-corrected chi connectivity index (χ3v) is 4.20. The van der Waals surface area contributed by atoms with E-state index < -0.39 is 0 Å². The second-order valence-corrected chi connectivity index (χ2v) is 5.25. The SMILES string of the molecule is NCCC1C2CN(Cc3ccccc3)CC12. The van der Waals surface area contributed by atoms with Crippen LogP contribution in [0.15, 0.2) is 30.3 Å². The molecule has 1 aromatic rings. The summed E-state index contributed by atoms with van der Waals surface area (Å²) < 4.78 is 0. The fraction of sp³-hybridized carbons (Fsp3) is 0.571. The van der Waals surface area contributed by atoms with Crippen molar-refractivity contribution in [2.24, 2.45) is 23.5 Å². The molecule has 3 rings (SSSR count). The molecular formula is C14H20N2. The van der Waals surface area contributed by atoms with Gasteiger partial charge in [0, 0.05) is 19.6 Å². The van der Waals surface area contributed by atoms with Gasteiger partial charge < -0.3 is 5.73 Å². The summed E-state index contributed by atoms with van der Waals surface area (Å²) in [6.45, 7) is 4.59. The number of hydrogen-bond donors (Lipinski definition) is 1. The predicted molar refractivity (Wildman–Crippen MR) is 65.9 cm³/mol. The van der Waals surface area contributed by atoms with Gasteiger partial charge in [0.15, 0.2) is 0 Å². The summed E-state index contributed by atoms with van der Waals surface area (Å²) in [6, 6.07) is 10.8. The standard InChI is InChI=1S/C14H20N2/c15-7-6-12-13-9-16(10-14(12)13)8-11-4-2-1-3-5-11/h1-5,12-14H,6-10,15H2. The summed E-state index contributed by atoms with van der Waals surface area (Å²) in [5.41, 5.74) is 7.06. The molecule has 2 heteroatoms. The smallest absolute Gasteiger partial charge is 0.0233 e. The molecule has 1 aromatic carbocycles. The van der Waals surface area contributed by atoms with E-state index in [9.17, 15) is 0 Å². The van der Waals surface area contributed by atoms with Gasteiger partial charge in [0.2, 0.25) is 0 Å². The molecule has 2 nitrogen and oxygen atoms in total. The predicted octanol–water partition coefficient (Wildman–Crippen LogP) is 1.71. The van der Waals surface area contributed by atoms with Gasteiger partial charge in [-0.2, -0.15) is 0 Å². The van der Waals surface area contributed by atoms with Crippen molar-refractivity contribution < 1.29 is 0 Å². The summed E-state index contributed by atoms with van der Waals surface area (Å²) in [4.78, 5) is 2.59. The maximum atomic E-state index is 5.62. The Hall–Kier alpha value is -0.860. The number of hydrogen-bond acceptors (Lipinski definition) is 2. The number of piperidine rings is 1. The molecule has 1 aliphatic carbocycles. The van der Waals surface area contributed by atoms with Crippen molar-refractivity contribution in [1.82, 2.24) is 4.90 Å². The second kappa shape index (κ2) is 4.19. The van der Waals surface area contributed by atoms with Gasteiger partial charge in [0.05, 0.1) is 0 Å². The van der Waals surface area contributed by atoms with E-state index in [4.69, 9.17) is 5.73 Å². The van der Waals surface area contributed by atoms with Crippen molar-refractivity contribution >= 4 is 0 Å². The zero-order valence-corrected chi connectivity index (χ0v) is 9.68. The molecule has 1 saturated heterocycles. The van der Waals surface area contributed by atoms with Crippen LogP contribution in [-0.2, 0) is 6.54 Å². The van der Waals surface area contributed by atoms with Crippen molar-refractivity contribution in [1.29, 1.82) is 0 Å². The molecule has 0 amide bonds. The molecule has 2 unspecified atom stereocenters. The molecule has 1 heterocycles. The topological polar surface area (TPSA) is 29.3 Å². The first-order chi connectivity index (χ1) is 7.88. The highest BCUT2D eigenvalue weighted by Crippen LogP contribution is 2.53. The lowest BCUT2D eigenvalue weighted by molar-refractivity contribution is 0.275. The quantitative estimate of drug-likeness (QED) is 0.830. The van der Waals surface area contributed by atoms with Crippen LogP contribution < -0.4 is 5.73 Å². The van der Waals surface area contributed by atoms with Crippen molar-refractivity contribution in [3.05, 3.63) is 35.9 Å². The molecule has 2 aliphatic rings. The first kappa shape index (κ1) is 10.3. The zero-order valence-electron chi connectivity index (χ0n) is 9.68. The Balaban J connectivity index is 1.51. The Labute approximate surface area is 97.4 Å². The molecule has 0 aromatic heterocycles. The average Bonchev–Trinajstić information content (AvgIpc) is 2.76. The fourth-order valence-corrected chi connectivity index (χ4v) is 3.33. The maximum Gasteiger partial charge on any atom is 0.0233 e. The van der Waals surface area contributed by atoms with Crippen LogP contribution in [0.5, 0.6) is 0 Å². The molecule has 1 aliphatic heterocycles. The van der Waals surface area contributed by atoms with Crippen molar-refractivity contribution in [3.63, 3.8) is 0 Å². The zero-order chi connectivity index (χ0) is 11.0. The molecule has 16 heavy (non-hydrogen) atoms. The van der Waals surface area contributed by atoms with Crippen LogP contribution in [-0.4, -0.2) is 24.5 Å². The van der Waals surface area contributed by atoms with E-state index in [1.807, 2.05) is 0 Å². The van der Waals surface area contributed by atoms with Gasteiger partial charge in [-0.15, -0.1) is 0 Å². The van der Waals surface area contributed by atoms with Crippen LogP contribution in [0.4, 0.5) is 0 Å². The minimum Gasteiger partial charge on any atom is -0.330 e. The third-order valence-electron chi connectivity index (χ3n) is 4.20. The van der Waals surface area contributed by atoms with Crippen LogP contribution in [0.2, 0.25) is 0 Å². The normalized spacial score (nSPS) is 32.7. The molecule has 0 bridgehead atoms. The lowest BCUT2D eigenvalue weighted by atomic mass is 10.1. The minimum atomic E-state index is 0.871. The number of fused-ring (bicyclic) bond motifs is 1. The summed E-state index contributed by atoms with van der Waals surface area (Å²) >= 11 is 0. The Kier molecular flexibility index (Phi) is 2.70. The lowest BCUT2D eigenvalue weighted by Crippen LogP contribution is -2.24. The van der Waals surface area contributed by atoms with Gasteiger partial charge in [-0.05, 0) is 36.3 Å². The van der Waals surface area contributed by atoms with Gasteiger partial charge in [0.1, 0.15) is 0 Å². The Morgan fingerprint density at radius 3 is 2.44 bits per heavy atom. The molecule has 2 atom stereocenters.